The van der Waals surface area contributed by atoms with Gasteiger partial charge in [0.25, 0.3) is 5.91 Å². The van der Waals surface area contributed by atoms with Crippen LogP contribution in [0, 0.1) is 11.8 Å². The summed E-state index contributed by atoms with van der Waals surface area (Å²) in [6, 6.07) is 4.90. The van der Waals surface area contributed by atoms with Gasteiger partial charge < -0.3 is 15.5 Å². The topological polar surface area (TPSA) is 61.4 Å². The standard InChI is InChI=1S/C15H20ClN3O2/c1-9-7-17-8-12(9)14(20)18-13-6-10(16)4-5-11(13)15(21)19(2)3/h4-6,9,12,17H,7-8H2,1-3H3,(H,18,20). The van der Waals surface area contributed by atoms with Crippen LogP contribution in [0.4, 0.5) is 5.69 Å². The molecule has 2 atom stereocenters. The first-order chi connectivity index (χ1) is 9.90. The second-order valence-corrected chi connectivity index (χ2v) is 6.06. The van der Waals surface area contributed by atoms with Crippen molar-refractivity contribution in [3.8, 4) is 0 Å². The molecule has 21 heavy (non-hydrogen) atoms. The lowest BCUT2D eigenvalue weighted by Crippen LogP contribution is -2.29. The van der Waals surface area contributed by atoms with Crippen LogP contribution < -0.4 is 10.6 Å². The fourth-order valence-corrected chi connectivity index (χ4v) is 2.61. The number of anilines is 1. The van der Waals surface area contributed by atoms with Gasteiger partial charge in [-0.1, -0.05) is 18.5 Å². The molecule has 114 valence electrons. The number of carbonyl (C=O) groups excluding carboxylic acids is 2. The predicted molar refractivity (Wildman–Crippen MR) is 83.6 cm³/mol. The Bertz CT molecular complexity index is 560. The maximum Gasteiger partial charge on any atom is 0.255 e. The number of hydrogen-bond acceptors (Lipinski definition) is 3. The summed E-state index contributed by atoms with van der Waals surface area (Å²) in [5.74, 6) is -0.0643. The Labute approximate surface area is 129 Å². The van der Waals surface area contributed by atoms with E-state index in [9.17, 15) is 9.59 Å². The normalized spacial score (nSPS) is 21.1. The fraction of sp³-hybridized carbons (Fsp3) is 0.467. The number of nitrogens with zero attached hydrogens (tertiary/aromatic N) is 1. The third-order valence-corrected chi connectivity index (χ3v) is 3.97. The molecule has 0 aromatic heterocycles. The highest BCUT2D eigenvalue weighted by atomic mass is 35.5. The molecule has 0 aliphatic carbocycles. The van der Waals surface area contributed by atoms with E-state index in [0.717, 1.165) is 6.54 Å². The highest BCUT2D eigenvalue weighted by Gasteiger charge is 2.30. The van der Waals surface area contributed by atoms with Gasteiger partial charge in [-0.05, 0) is 30.7 Å². The number of rotatable bonds is 3. The molecule has 2 N–H and O–H groups in total. The van der Waals surface area contributed by atoms with Crippen molar-refractivity contribution < 1.29 is 9.59 Å². The van der Waals surface area contributed by atoms with Crippen molar-refractivity contribution in [2.24, 2.45) is 11.8 Å². The van der Waals surface area contributed by atoms with Gasteiger partial charge in [-0.15, -0.1) is 0 Å². The van der Waals surface area contributed by atoms with E-state index < -0.39 is 0 Å². The molecule has 1 aromatic carbocycles. The van der Waals surface area contributed by atoms with Gasteiger partial charge in [-0.2, -0.15) is 0 Å². The molecular weight excluding hydrogens is 290 g/mol. The van der Waals surface area contributed by atoms with Crippen LogP contribution in [-0.2, 0) is 4.79 Å². The molecule has 1 aromatic rings. The lowest BCUT2D eigenvalue weighted by Gasteiger charge is -2.18. The van der Waals surface area contributed by atoms with E-state index in [1.165, 1.54) is 4.90 Å². The summed E-state index contributed by atoms with van der Waals surface area (Å²) in [4.78, 5) is 26.0. The van der Waals surface area contributed by atoms with E-state index >= 15 is 0 Å². The van der Waals surface area contributed by atoms with Crippen LogP contribution in [0.1, 0.15) is 17.3 Å². The SMILES string of the molecule is CC1CNCC1C(=O)Nc1cc(Cl)ccc1C(=O)N(C)C. The first kappa shape index (κ1) is 15.8. The van der Waals surface area contributed by atoms with Crippen LogP contribution in [0.2, 0.25) is 5.02 Å². The van der Waals surface area contributed by atoms with E-state index in [0.29, 0.717) is 22.8 Å². The number of nitrogens with one attached hydrogen (secondary N) is 2. The highest BCUT2D eigenvalue weighted by Crippen LogP contribution is 2.24. The molecule has 0 saturated carbocycles. The maximum absolute atomic E-state index is 12.4. The minimum Gasteiger partial charge on any atom is -0.345 e. The molecule has 2 amide bonds. The zero-order valence-corrected chi connectivity index (χ0v) is 13.2. The Morgan fingerprint density at radius 3 is 2.62 bits per heavy atom. The van der Waals surface area contributed by atoms with Gasteiger partial charge in [-0.3, -0.25) is 9.59 Å². The Hall–Kier alpha value is -1.59. The molecule has 0 spiro atoms. The molecule has 2 unspecified atom stereocenters. The summed E-state index contributed by atoms with van der Waals surface area (Å²) in [7, 11) is 3.34. The van der Waals surface area contributed by atoms with Crippen molar-refractivity contribution in [1.29, 1.82) is 0 Å². The Balaban J connectivity index is 2.24. The minimum atomic E-state index is -0.167. The molecule has 1 saturated heterocycles. The first-order valence-electron chi connectivity index (χ1n) is 6.93. The Morgan fingerprint density at radius 1 is 1.33 bits per heavy atom. The van der Waals surface area contributed by atoms with Crippen LogP contribution >= 0.6 is 11.6 Å². The van der Waals surface area contributed by atoms with Crippen molar-refractivity contribution in [2.45, 2.75) is 6.92 Å². The molecule has 1 heterocycles. The van der Waals surface area contributed by atoms with Crippen LogP contribution in [0.15, 0.2) is 18.2 Å². The van der Waals surface area contributed by atoms with E-state index in [2.05, 4.69) is 10.6 Å². The molecule has 2 rings (SSSR count). The molecule has 6 heteroatoms. The fourth-order valence-electron chi connectivity index (χ4n) is 2.43. The van der Waals surface area contributed by atoms with Gasteiger partial charge in [0, 0.05) is 25.7 Å². The zero-order valence-electron chi connectivity index (χ0n) is 12.4. The summed E-state index contributed by atoms with van der Waals surface area (Å²) in [6.45, 7) is 3.52. The minimum absolute atomic E-state index is 0.0810. The quantitative estimate of drug-likeness (QED) is 0.895. The average molecular weight is 310 g/mol. The smallest absolute Gasteiger partial charge is 0.255 e. The summed E-state index contributed by atoms with van der Waals surface area (Å²) in [6.07, 6.45) is 0. The third-order valence-electron chi connectivity index (χ3n) is 3.73. The molecule has 0 radical (unpaired) electrons. The lowest BCUT2D eigenvalue weighted by molar-refractivity contribution is -0.120. The van der Waals surface area contributed by atoms with Crippen molar-refractivity contribution in [3.63, 3.8) is 0 Å². The second kappa shape index (κ2) is 6.45. The lowest BCUT2D eigenvalue weighted by atomic mass is 9.97. The van der Waals surface area contributed by atoms with Crippen molar-refractivity contribution in [1.82, 2.24) is 10.2 Å². The number of halogens is 1. The van der Waals surface area contributed by atoms with Gasteiger partial charge in [-0.25, -0.2) is 0 Å². The Kier molecular flexibility index (Phi) is 4.85. The maximum atomic E-state index is 12.4. The van der Waals surface area contributed by atoms with Crippen LogP contribution in [0.5, 0.6) is 0 Å². The highest BCUT2D eigenvalue weighted by molar-refractivity contribution is 6.31. The number of hydrogen-bond donors (Lipinski definition) is 2. The molecule has 0 bridgehead atoms. The Morgan fingerprint density at radius 2 is 2.05 bits per heavy atom. The van der Waals surface area contributed by atoms with Crippen LogP contribution in [0.25, 0.3) is 0 Å². The van der Waals surface area contributed by atoms with Gasteiger partial charge in [0.15, 0.2) is 0 Å². The van der Waals surface area contributed by atoms with Crippen molar-refractivity contribution in [3.05, 3.63) is 28.8 Å². The van der Waals surface area contributed by atoms with E-state index in [-0.39, 0.29) is 23.7 Å². The van der Waals surface area contributed by atoms with E-state index in [4.69, 9.17) is 11.6 Å². The van der Waals surface area contributed by atoms with E-state index in [1.54, 1.807) is 32.3 Å². The zero-order chi connectivity index (χ0) is 15.6. The number of carbonyl (C=O) groups is 2. The average Bonchev–Trinajstić information content (AvgIpc) is 2.84. The van der Waals surface area contributed by atoms with E-state index in [1.807, 2.05) is 6.92 Å². The van der Waals surface area contributed by atoms with Crippen LogP contribution in [-0.4, -0.2) is 43.9 Å². The number of benzene rings is 1. The molecule has 1 aliphatic heterocycles. The monoisotopic (exact) mass is 309 g/mol. The van der Waals surface area contributed by atoms with Crippen LogP contribution in [0.3, 0.4) is 0 Å². The summed E-state index contributed by atoms with van der Waals surface area (Å²) < 4.78 is 0. The summed E-state index contributed by atoms with van der Waals surface area (Å²) in [5, 5.41) is 6.53. The van der Waals surface area contributed by atoms with Gasteiger partial charge in [0.05, 0.1) is 17.2 Å². The first-order valence-corrected chi connectivity index (χ1v) is 7.30. The summed E-state index contributed by atoms with van der Waals surface area (Å²) in [5.41, 5.74) is 0.904. The molecule has 5 nitrogen and oxygen atoms in total. The van der Waals surface area contributed by atoms with Crippen molar-refractivity contribution >= 4 is 29.1 Å². The molecule has 1 fully saturated rings. The molecular formula is C15H20ClN3O2. The number of amides is 2. The predicted octanol–water partition coefficient (Wildman–Crippen LogP) is 1.84. The van der Waals surface area contributed by atoms with Gasteiger partial charge in [0.1, 0.15) is 0 Å². The van der Waals surface area contributed by atoms with Crippen molar-refractivity contribution in [2.75, 3.05) is 32.5 Å². The largest absolute Gasteiger partial charge is 0.345 e. The third kappa shape index (κ3) is 3.54. The second-order valence-electron chi connectivity index (χ2n) is 5.62. The van der Waals surface area contributed by atoms with Gasteiger partial charge >= 0.3 is 0 Å². The summed E-state index contributed by atoms with van der Waals surface area (Å²) >= 11 is 5.98. The van der Waals surface area contributed by atoms with Gasteiger partial charge in [0.2, 0.25) is 5.91 Å². The molecule has 1 aliphatic rings.